The quantitative estimate of drug-likeness (QED) is 0.642. The van der Waals surface area contributed by atoms with Gasteiger partial charge in [0, 0.05) is 17.8 Å². The second-order valence-electron chi connectivity index (χ2n) is 6.18. The summed E-state index contributed by atoms with van der Waals surface area (Å²) in [6.45, 7) is 3.91. The summed E-state index contributed by atoms with van der Waals surface area (Å²) in [6.07, 6.45) is 2.51. The molecule has 0 aliphatic rings. The molecule has 2 heterocycles. The van der Waals surface area contributed by atoms with E-state index in [1.54, 1.807) is 11.3 Å². The Hall–Kier alpha value is -2.78. The molecule has 1 unspecified atom stereocenters. The molecule has 9 heteroatoms. The zero-order chi connectivity index (χ0) is 19.4. The zero-order valence-corrected chi connectivity index (χ0v) is 15.9. The van der Waals surface area contributed by atoms with Crippen LogP contribution in [0.4, 0.5) is 0 Å². The molecule has 0 saturated heterocycles. The maximum absolute atomic E-state index is 12.3. The molecule has 0 bridgehead atoms. The third kappa shape index (κ3) is 4.32. The van der Waals surface area contributed by atoms with Gasteiger partial charge in [-0.05, 0) is 49.7 Å². The van der Waals surface area contributed by atoms with E-state index in [9.17, 15) is 13.2 Å². The van der Waals surface area contributed by atoms with Crippen LogP contribution in [-0.2, 0) is 16.6 Å². The molecule has 1 aromatic carbocycles. The number of fused-ring (bicyclic) bond motifs is 1. The first-order valence-corrected chi connectivity index (χ1v) is 10.1. The number of nitrogens with one attached hydrogen (secondary N) is 2. The van der Waals surface area contributed by atoms with Crippen molar-refractivity contribution in [2.24, 2.45) is 0 Å². The number of carbonyl (C=O) groups is 1. The van der Waals surface area contributed by atoms with E-state index >= 15 is 0 Å². The van der Waals surface area contributed by atoms with E-state index in [2.05, 4.69) is 20.2 Å². The van der Waals surface area contributed by atoms with Gasteiger partial charge in [0.1, 0.15) is 0 Å². The van der Waals surface area contributed by atoms with E-state index in [0.717, 1.165) is 0 Å². The second kappa shape index (κ2) is 7.85. The van der Waals surface area contributed by atoms with Gasteiger partial charge in [0.15, 0.2) is 11.5 Å². The predicted molar refractivity (Wildman–Crippen MR) is 101 cm³/mol. The third-order valence-corrected chi connectivity index (χ3v) is 5.79. The fourth-order valence-electron chi connectivity index (χ4n) is 2.47. The average molecular weight is 387 g/mol. The van der Waals surface area contributed by atoms with Gasteiger partial charge in [-0.15, -0.1) is 10.2 Å². The van der Waals surface area contributed by atoms with Crippen LogP contribution in [-0.4, -0.2) is 35.0 Å². The summed E-state index contributed by atoms with van der Waals surface area (Å²) in [4.78, 5) is 12.5. The molecule has 27 heavy (non-hydrogen) atoms. The van der Waals surface area contributed by atoms with E-state index in [0.29, 0.717) is 23.5 Å². The van der Waals surface area contributed by atoms with Crippen molar-refractivity contribution in [3.05, 3.63) is 60.0 Å². The maximum atomic E-state index is 12.3. The summed E-state index contributed by atoms with van der Waals surface area (Å²) in [5.74, 6) is 0.289. The number of amides is 1. The van der Waals surface area contributed by atoms with Gasteiger partial charge in [-0.3, -0.25) is 9.20 Å². The highest BCUT2D eigenvalue weighted by molar-refractivity contribution is 7.89. The van der Waals surface area contributed by atoms with Crippen LogP contribution < -0.4 is 10.0 Å². The first-order valence-electron chi connectivity index (χ1n) is 8.60. The van der Waals surface area contributed by atoms with Crippen molar-refractivity contribution in [3.63, 3.8) is 0 Å². The molecule has 142 valence electrons. The lowest BCUT2D eigenvalue weighted by molar-refractivity contribution is 0.0949. The van der Waals surface area contributed by atoms with Crippen LogP contribution in [0.25, 0.3) is 5.65 Å². The minimum absolute atomic E-state index is 0.128. The van der Waals surface area contributed by atoms with E-state index in [-0.39, 0.29) is 23.4 Å². The van der Waals surface area contributed by atoms with Crippen LogP contribution in [0.2, 0.25) is 0 Å². The van der Waals surface area contributed by atoms with Crippen molar-refractivity contribution in [3.8, 4) is 0 Å². The second-order valence-corrected chi connectivity index (χ2v) is 7.90. The fraction of sp³-hybridized carbons (Fsp3) is 0.278. The summed E-state index contributed by atoms with van der Waals surface area (Å²) >= 11 is 0. The Morgan fingerprint density at radius 2 is 1.89 bits per heavy atom. The summed E-state index contributed by atoms with van der Waals surface area (Å²) in [6, 6.07) is 11.2. The van der Waals surface area contributed by atoms with Crippen molar-refractivity contribution < 1.29 is 13.2 Å². The molecule has 0 aliphatic heterocycles. The highest BCUT2D eigenvalue weighted by atomic mass is 32.2. The molecule has 0 fully saturated rings. The lowest BCUT2D eigenvalue weighted by Crippen LogP contribution is -2.32. The lowest BCUT2D eigenvalue weighted by atomic mass is 10.2. The van der Waals surface area contributed by atoms with Gasteiger partial charge in [-0.25, -0.2) is 13.1 Å². The van der Waals surface area contributed by atoms with Gasteiger partial charge in [-0.1, -0.05) is 13.0 Å². The Kier molecular flexibility index (Phi) is 5.52. The number of nitrogens with zero attached hydrogens (tertiary/aromatic N) is 3. The Labute approximate surface area is 157 Å². The molecule has 3 rings (SSSR count). The summed E-state index contributed by atoms with van der Waals surface area (Å²) in [5, 5.41) is 10.8. The first-order chi connectivity index (χ1) is 12.9. The minimum atomic E-state index is -3.59. The summed E-state index contributed by atoms with van der Waals surface area (Å²) < 4.78 is 28.9. The highest BCUT2D eigenvalue weighted by Gasteiger charge is 2.17. The van der Waals surface area contributed by atoms with Gasteiger partial charge in [-0.2, -0.15) is 0 Å². The molecule has 0 aliphatic carbocycles. The smallest absolute Gasteiger partial charge is 0.251 e. The van der Waals surface area contributed by atoms with Crippen molar-refractivity contribution in [2.45, 2.75) is 37.8 Å². The molecule has 0 spiro atoms. The number of rotatable bonds is 7. The molecular weight excluding hydrogens is 366 g/mol. The molecular formula is C18H21N5O3S. The van der Waals surface area contributed by atoms with Crippen LogP contribution >= 0.6 is 0 Å². The Morgan fingerprint density at radius 1 is 1.15 bits per heavy atom. The van der Waals surface area contributed by atoms with Crippen LogP contribution in [0.5, 0.6) is 0 Å². The number of sulfonamides is 1. The first kappa shape index (κ1) is 19.0. The fourth-order valence-corrected chi connectivity index (χ4v) is 3.80. The Morgan fingerprint density at radius 3 is 2.59 bits per heavy atom. The molecule has 0 saturated carbocycles. The molecule has 8 nitrogen and oxygen atoms in total. The normalized spacial score (nSPS) is 12.8. The van der Waals surface area contributed by atoms with Gasteiger partial charge in [0.05, 0.1) is 11.4 Å². The average Bonchev–Trinajstić information content (AvgIpc) is 3.09. The van der Waals surface area contributed by atoms with E-state index < -0.39 is 10.0 Å². The van der Waals surface area contributed by atoms with Crippen LogP contribution in [0, 0.1) is 0 Å². The van der Waals surface area contributed by atoms with Gasteiger partial charge in [0.2, 0.25) is 10.0 Å². The highest BCUT2D eigenvalue weighted by Crippen LogP contribution is 2.12. The molecule has 0 radical (unpaired) electrons. The molecule has 2 N–H and O–H groups in total. The number of hydrogen-bond acceptors (Lipinski definition) is 5. The van der Waals surface area contributed by atoms with Crippen LogP contribution in [0.1, 0.15) is 36.5 Å². The van der Waals surface area contributed by atoms with Crippen LogP contribution in [0.15, 0.2) is 53.6 Å². The zero-order valence-electron chi connectivity index (χ0n) is 15.1. The van der Waals surface area contributed by atoms with Crippen molar-refractivity contribution in [1.82, 2.24) is 24.6 Å². The van der Waals surface area contributed by atoms with E-state index in [1.165, 1.54) is 24.3 Å². The summed E-state index contributed by atoms with van der Waals surface area (Å²) in [7, 11) is -3.59. The van der Waals surface area contributed by atoms with Crippen molar-refractivity contribution >= 4 is 21.6 Å². The minimum Gasteiger partial charge on any atom is -0.345 e. The van der Waals surface area contributed by atoms with Crippen molar-refractivity contribution in [2.75, 3.05) is 0 Å². The topological polar surface area (TPSA) is 105 Å². The molecule has 3 aromatic rings. The van der Waals surface area contributed by atoms with Crippen LogP contribution in [0.3, 0.4) is 0 Å². The molecule has 2 aromatic heterocycles. The number of carbonyl (C=O) groups excluding carboxylic acids is 1. The number of hydrogen-bond donors (Lipinski definition) is 2. The molecule has 1 atom stereocenters. The van der Waals surface area contributed by atoms with Crippen molar-refractivity contribution in [1.29, 1.82) is 0 Å². The Balaban J connectivity index is 1.67. The van der Waals surface area contributed by atoms with E-state index in [1.807, 2.05) is 31.3 Å². The van der Waals surface area contributed by atoms with Gasteiger partial charge >= 0.3 is 0 Å². The third-order valence-electron chi connectivity index (χ3n) is 4.19. The van der Waals surface area contributed by atoms with Gasteiger partial charge < -0.3 is 5.32 Å². The van der Waals surface area contributed by atoms with Gasteiger partial charge in [0.25, 0.3) is 5.91 Å². The standard InChI is InChI=1S/C18H21N5O3S/c1-3-13(2)22-27(25,26)15-9-7-14(8-10-15)18(24)19-12-17-21-20-16-6-4-5-11-23(16)17/h4-11,13,22H,3,12H2,1-2H3,(H,19,24). The number of pyridine rings is 1. The van der Waals surface area contributed by atoms with E-state index in [4.69, 9.17) is 0 Å². The number of aromatic nitrogens is 3. The predicted octanol–water partition coefficient (Wildman–Crippen LogP) is 1.74. The Bertz CT molecular complexity index is 1040. The summed E-state index contributed by atoms with van der Waals surface area (Å²) in [5.41, 5.74) is 1.07. The maximum Gasteiger partial charge on any atom is 0.251 e. The SMILES string of the molecule is CCC(C)NS(=O)(=O)c1ccc(C(=O)NCc2nnc3ccccn23)cc1. The largest absolute Gasteiger partial charge is 0.345 e. The lowest BCUT2D eigenvalue weighted by Gasteiger charge is -2.12. The number of benzene rings is 1. The molecule has 1 amide bonds. The monoisotopic (exact) mass is 387 g/mol.